The molecule has 3 rings (SSSR count). The van der Waals surface area contributed by atoms with E-state index in [1.54, 1.807) is 23.1 Å². The number of fused-ring (bicyclic) bond motifs is 1. The lowest BCUT2D eigenvalue weighted by molar-refractivity contribution is 0.0710. The molecular weight excluding hydrogens is 320 g/mol. The molecule has 8 heteroatoms. The van der Waals surface area contributed by atoms with Gasteiger partial charge >= 0.3 is 0 Å². The van der Waals surface area contributed by atoms with E-state index in [0.717, 1.165) is 6.26 Å². The van der Waals surface area contributed by atoms with E-state index in [1.807, 2.05) is 0 Å². The Hall–Kier alpha value is -1.80. The van der Waals surface area contributed by atoms with Crippen LogP contribution in [0.25, 0.3) is 0 Å². The van der Waals surface area contributed by atoms with Gasteiger partial charge in [0.25, 0.3) is 5.91 Å². The normalized spacial score (nSPS) is 18.7. The van der Waals surface area contributed by atoms with E-state index < -0.39 is 10.0 Å². The van der Waals surface area contributed by atoms with E-state index in [4.69, 9.17) is 9.47 Å². The molecule has 2 aliphatic heterocycles. The number of nitrogens with one attached hydrogen (secondary N) is 1. The van der Waals surface area contributed by atoms with Gasteiger partial charge in [0.05, 0.1) is 6.26 Å². The van der Waals surface area contributed by atoms with Crippen molar-refractivity contribution < 1.29 is 22.7 Å². The molecule has 126 valence electrons. The maximum Gasteiger partial charge on any atom is 0.253 e. The van der Waals surface area contributed by atoms with Gasteiger partial charge in [-0.2, -0.15) is 0 Å². The van der Waals surface area contributed by atoms with E-state index in [-0.39, 0.29) is 11.9 Å². The molecule has 0 radical (unpaired) electrons. The molecule has 2 heterocycles. The zero-order chi connectivity index (χ0) is 16.4. The number of hydrogen-bond acceptors (Lipinski definition) is 5. The number of nitrogens with zero attached hydrogens (tertiary/aromatic N) is 1. The molecule has 7 nitrogen and oxygen atoms in total. The van der Waals surface area contributed by atoms with Crippen molar-refractivity contribution >= 4 is 15.9 Å². The fraction of sp³-hybridized carbons (Fsp3) is 0.533. The van der Waals surface area contributed by atoms with Crippen LogP contribution in [0.2, 0.25) is 0 Å². The highest BCUT2D eigenvalue weighted by Gasteiger charge is 2.26. The Morgan fingerprint density at radius 2 is 1.83 bits per heavy atom. The van der Waals surface area contributed by atoms with Gasteiger partial charge in [-0.3, -0.25) is 4.79 Å². The van der Waals surface area contributed by atoms with Crippen LogP contribution in [0, 0.1) is 0 Å². The molecule has 0 atom stereocenters. The summed E-state index contributed by atoms with van der Waals surface area (Å²) in [5.41, 5.74) is 0.559. The average Bonchev–Trinajstić information content (AvgIpc) is 2.53. The van der Waals surface area contributed by atoms with Gasteiger partial charge in [0.2, 0.25) is 10.0 Å². The number of rotatable bonds is 3. The Labute approximate surface area is 135 Å². The molecule has 0 aromatic heterocycles. The van der Waals surface area contributed by atoms with Gasteiger partial charge in [-0.1, -0.05) is 0 Å². The van der Waals surface area contributed by atoms with Crippen molar-refractivity contribution in [2.75, 3.05) is 32.6 Å². The Balaban J connectivity index is 1.63. The molecule has 0 unspecified atom stereocenters. The molecule has 0 aliphatic carbocycles. The van der Waals surface area contributed by atoms with Crippen LogP contribution in [0.3, 0.4) is 0 Å². The van der Waals surface area contributed by atoms with Gasteiger partial charge in [0, 0.05) is 24.7 Å². The first-order valence-corrected chi connectivity index (χ1v) is 9.48. The second kappa shape index (κ2) is 6.37. The van der Waals surface area contributed by atoms with Crippen LogP contribution in [-0.4, -0.2) is 57.8 Å². The van der Waals surface area contributed by atoms with E-state index >= 15 is 0 Å². The molecule has 1 saturated heterocycles. The summed E-state index contributed by atoms with van der Waals surface area (Å²) in [7, 11) is -3.21. The second-order valence-electron chi connectivity index (χ2n) is 5.81. The van der Waals surface area contributed by atoms with Crippen LogP contribution in [0.4, 0.5) is 0 Å². The highest BCUT2D eigenvalue weighted by molar-refractivity contribution is 7.88. The molecule has 0 bridgehead atoms. The Morgan fingerprint density at radius 3 is 2.48 bits per heavy atom. The number of likely N-dealkylation sites (tertiary alicyclic amines) is 1. The van der Waals surface area contributed by atoms with Crippen molar-refractivity contribution in [3.63, 3.8) is 0 Å². The van der Waals surface area contributed by atoms with E-state index in [0.29, 0.717) is 56.2 Å². The molecule has 1 fully saturated rings. The van der Waals surface area contributed by atoms with Crippen LogP contribution in [-0.2, 0) is 10.0 Å². The summed E-state index contributed by atoms with van der Waals surface area (Å²) in [6, 6.07) is 5.09. The Bertz CT molecular complexity index is 696. The smallest absolute Gasteiger partial charge is 0.253 e. The summed E-state index contributed by atoms with van der Waals surface area (Å²) in [6.07, 6.45) is 2.38. The first-order chi connectivity index (χ1) is 10.9. The van der Waals surface area contributed by atoms with Crippen molar-refractivity contribution in [1.82, 2.24) is 9.62 Å². The molecule has 1 N–H and O–H groups in total. The lowest BCUT2D eigenvalue weighted by atomic mass is 10.0. The number of benzene rings is 1. The molecule has 1 aromatic rings. The molecule has 23 heavy (non-hydrogen) atoms. The topological polar surface area (TPSA) is 84.9 Å². The second-order valence-corrected chi connectivity index (χ2v) is 7.59. The Morgan fingerprint density at radius 1 is 1.17 bits per heavy atom. The third-order valence-electron chi connectivity index (χ3n) is 3.95. The highest BCUT2D eigenvalue weighted by atomic mass is 32.2. The average molecular weight is 340 g/mol. The molecule has 0 saturated carbocycles. The zero-order valence-corrected chi connectivity index (χ0v) is 13.8. The van der Waals surface area contributed by atoms with Gasteiger partial charge < -0.3 is 14.4 Å². The van der Waals surface area contributed by atoms with Crippen LogP contribution in [0.15, 0.2) is 18.2 Å². The van der Waals surface area contributed by atoms with Crippen molar-refractivity contribution in [2.24, 2.45) is 0 Å². The van der Waals surface area contributed by atoms with Gasteiger partial charge in [-0.25, -0.2) is 13.1 Å². The van der Waals surface area contributed by atoms with E-state index in [9.17, 15) is 13.2 Å². The predicted molar refractivity (Wildman–Crippen MR) is 84.3 cm³/mol. The van der Waals surface area contributed by atoms with Gasteiger partial charge in [-0.05, 0) is 31.0 Å². The summed E-state index contributed by atoms with van der Waals surface area (Å²) in [5.74, 6) is 1.18. The number of sulfonamides is 1. The lowest BCUT2D eigenvalue weighted by Gasteiger charge is -2.32. The number of piperidine rings is 1. The third kappa shape index (κ3) is 3.94. The minimum Gasteiger partial charge on any atom is -0.486 e. The Kier molecular flexibility index (Phi) is 4.45. The standard InChI is InChI=1S/C15H20N2O5S/c1-23(19,20)16-12-4-6-17(7-5-12)15(18)11-2-3-13-14(10-11)22-9-8-21-13/h2-3,10,12,16H,4-9H2,1H3. The zero-order valence-electron chi connectivity index (χ0n) is 12.9. The van der Waals surface area contributed by atoms with Crippen molar-refractivity contribution in [3.05, 3.63) is 23.8 Å². The molecule has 1 aromatic carbocycles. The molecule has 1 amide bonds. The summed E-state index contributed by atoms with van der Waals surface area (Å²) in [6.45, 7) is 2.05. The van der Waals surface area contributed by atoms with Crippen molar-refractivity contribution in [3.8, 4) is 11.5 Å². The summed E-state index contributed by atoms with van der Waals surface area (Å²) in [4.78, 5) is 14.3. The third-order valence-corrected chi connectivity index (χ3v) is 4.71. The summed E-state index contributed by atoms with van der Waals surface area (Å²) in [5, 5.41) is 0. The van der Waals surface area contributed by atoms with Crippen LogP contribution >= 0.6 is 0 Å². The fourth-order valence-corrected chi connectivity index (χ4v) is 3.70. The van der Waals surface area contributed by atoms with Gasteiger partial charge in [0.1, 0.15) is 13.2 Å². The van der Waals surface area contributed by atoms with Crippen LogP contribution in [0.5, 0.6) is 11.5 Å². The van der Waals surface area contributed by atoms with Gasteiger partial charge in [0.15, 0.2) is 11.5 Å². The monoisotopic (exact) mass is 340 g/mol. The summed E-state index contributed by atoms with van der Waals surface area (Å²) >= 11 is 0. The fourth-order valence-electron chi connectivity index (χ4n) is 2.86. The van der Waals surface area contributed by atoms with Crippen molar-refractivity contribution in [2.45, 2.75) is 18.9 Å². The maximum atomic E-state index is 12.6. The quantitative estimate of drug-likeness (QED) is 0.871. The number of ether oxygens (including phenoxy) is 2. The summed E-state index contributed by atoms with van der Waals surface area (Å²) < 4.78 is 36.1. The SMILES string of the molecule is CS(=O)(=O)NC1CCN(C(=O)c2ccc3c(c2)OCCO3)CC1. The predicted octanol–water partition coefficient (Wildman–Crippen LogP) is 0.612. The van der Waals surface area contributed by atoms with Crippen LogP contribution < -0.4 is 14.2 Å². The number of carbonyl (C=O) groups is 1. The van der Waals surface area contributed by atoms with E-state index in [1.165, 1.54) is 0 Å². The molecule has 0 spiro atoms. The number of amides is 1. The first-order valence-electron chi connectivity index (χ1n) is 7.58. The number of carbonyl (C=O) groups excluding carboxylic acids is 1. The minimum atomic E-state index is -3.21. The van der Waals surface area contributed by atoms with Gasteiger partial charge in [-0.15, -0.1) is 0 Å². The largest absolute Gasteiger partial charge is 0.486 e. The van der Waals surface area contributed by atoms with Crippen LogP contribution in [0.1, 0.15) is 23.2 Å². The van der Waals surface area contributed by atoms with Crippen molar-refractivity contribution in [1.29, 1.82) is 0 Å². The molecule has 2 aliphatic rings. The lowest BCUT2D eigenvalue weighted by Crippen LogP contribution is -2.46. The number of hydrogen-bond donors (Lipinski definition) is 1. The molecular formula is C15H20N2O5S. The van der Waals surface area contributed by atoms with E-state index in [2.05, 4.69) is 4.72 Å². The maximum absolute atomic E-state index is 12.6. The first kappa shape index (κ1) is 16.1. The minimum absolute atomic E-state index is 0.0696. The highest BCUT2D eigenvalue weighted by Crippen LogP contribution is 2.31.